The van der Waals surface area contributed by atoms with E-state index < -0.39 is 0 Å². The minimum absolute atomic E-state index is 0.196. The van der Waals surface area contributed by atoms with E-state index in [1.54, 1.807) is 12.1 Å². The van der Waals surface area contributed by atoms with Crippen LogP contribution in [0.1, 0.15) is 27.2 Å². The Balaban J connectivity index is 2.04. The fraction of sp³-hybridized carbons (Fsp3) is 0.267. The number of hydrogen-bond donors (Lipinski definition) is 0. The van der Waals surface area contributed by atoms with Gasteiger partial charge in [0.1, 0.15) is 0 Å². The van der Waals surface area contributed by atoms with Crippen molar-refractivity contribution < 1.29 is 14.3 Å². The van der Waals surface area contributed by atoms with E-state index in [0.29, 0.717) is 45.2 Å². The first kappa shape index (κ1) is 14.7. The molecule has 3 rings (SSSR count). The quantitative estimate of drug-likeness (QED) is 0.738. The zero-order valence-corrected chi connectivity index (χ0v) is 13.6. The first-order valence-electron chi connectivity index (χ1n) is 6.45. The van der Waals surface area contributed by atoms with Gasteiger partial charge < -0.3 is 9.47 Å². The summed E-state index contributed by atoms with van der Waals surface area (Å²) in [5.41, 5.74) is 1.26. The number of rotatable bonds is 2. The lowest BCUT2D eigenvalue weighted by atomic mass is 10.1. The summed E-state index contributed by atoms with van der Waals surface area (Å²) >= 11 is 13.7. The first-order chi connectivity index (χ1) is 10.1. The number of aryl methyl sites for hydroxylation is 1. The number of halogens is 2. The van der Waals surface area contributed by atoms with Crippen LogP contribution in [0.15, 0.2) is 17.5 Å². The topological polar surface area (TPSA) is 35.5 Å². The van der Waals surface area contributed by atoms with Crippen molar-refractivity contribution in [2.24, 2.45) is 0 Å². The maximum atomic E-state index is 12.6. The van der Waals surface area contributed by atoms with E-state index in [1.165, 1.54) is 11.3 Å². The molecule has 0 radical (unpaired) electrons. The predicted molar refractivity (Wildman–Crippen MR) is 84.6 cm³/mol. The van der Waals surface area contributed by atoms with Crippen LogP contribution in [0.5, 0.6) is 11.5 Å². The van der Waals surface area contributed by atoms with Gasteiger partial charge in [-0.1, -0.05) is 23.2 Å². The number of ketones is 1. The molecule has 21 heavy (non-hydrogen) atoms. The molecule has 0 atom stereocenters. The summed E-state index contributed by atoms with van der Waals surface area (Å²) in [6, 6.07) is 3.26. The van der Waals surface area contributed by atoms with Crippen LogP contribution in [0.3, 0.4) is 0 Å². The van der Waals surface area contributed by atoms with Crippen molar-refractivity contribution in [1.29, 1.82) is 0 Å². The highest BCUT2D eigenvalue weighted by molar-refractivity contribution is 7.13. The standard InChI is InChI=1S/C15H12Cl2O3S/c1-8-7-21-15(13(8)17)14(18)9-5-11-12(6-10(9)16)20-4-2-3-19-11/h5-7H,2-4H2,1H3. The molecule has 0 fully saturated rings. The Bertz CT molecular complexity index is 709. The number of ether oxygens (including phenoxy) is 2. The molecule has 110 valence electrons. The van der Waals surface area contributed by atoms with Crippen molar-refractivity contribution in [2.45, 2.75) is 13.3 Å². The lowest BCUT2D eigenvalue weighted by Crippen LogP contribution is -2.02. The number of carbonyl (C=O) groups is 1. The molecular formula is C15H12Cl2O3S. The van der Waals surface area contributed by atoms with Gasteiger partial charge in [-0.25, -0.2) is 0 Å². The third kappa shape index (κ3) is 2.76. The van der Waals surface area contributed by atoms with Crippen molar-refractivity contribution in [3.05, 3.63) is 43.6 Å². The number of benzene rings is 1. The highest BCUT2D eigenvalue weighted by Crippen LogP contribution is 2.37. The number of hydrogen-bond acceptors (Lipinski definition) is 4. The van der Waals surface area contributed by atoms with E-state index in [1.807, 2.05) is 12.3 Å². The Kier molecular flexibility index (Phi) is 4.11. The van der Waals surface area contributed by atoms with Gasteiger partial charge in [-0.2, -0.15) is 0 Å². The Labute approximate surface area is 136 Å². The minimum atomic E-state index is -0.196. The molecule has 0 unspecified atom stereocenters. The smallest absolute Gasteiger partial charge is 0.206 e. The summed E-state index contributed by atoms with van der Waals surface area (Å²) in [5.74, 6) is 0.922. The summed E-state index contributed by atoms with van der Waals surface area (Å²) in [6.07, 6.45) is 0.797. The second-order valence-electron chi connectivity index (χ2n) is 4.72. The van der Waals surface area contributed by atoms with Gasteiger partial charge in [0.2, 0.25) is 5.78 Å². The highest BCUT2D eigenvalue weighted by atomic mass is 35.5. The van der Waals surface area contributed by atoms with Crippen LogP contribution in [0, 0.1) is 6.92 Å². The van der Waals surface area contributed by atoms with Gasteiger partial charge in [-0.3, -0.25) is 4.79 Å². The number of fused-ring (bicyclic) bond motifs is 1. The minimum Gasteiger partial charge on any atom is -0.490 e. The first-order valence-corrected chi connectivity index (χ1v) is 8.09. The molecule has 1 aliphatic heterocycles. The van der Waals surface area contributed by atoms with E-state index >= 15 is 0 Å². The van der Waals surface area contributed by atoms with E-state index in [4.69, 9.17) is 32.7 Å². The van der Waals surface area contributed by atoms with Crippen LogP contribution in [0.2, 0.25) is 10.0 Å². The average Bonchev–Trinajstić information content (AvgIpc) is 2.67. The second-order valence-corrected chi connectivity index (χ2v) is 6.39. The lowest BCUT2D eigenvalue weighted by molar-refractivity contribution is 0.104. The number of carbonyl (C=O) groups excluding carboxylic acids is 1. The van der Waals surface area contributed by atoms with Gasteiger partial charge >= 0.3 is 0 Å². The van der Waals surface area contributed by atoms with Crippen molar-refractivity contribution in [3.63, 3.8) is 0 Å². The highest BCUT2D eigenvalue weighted by Gasteiger charge is 2.22. The normalized spacial score (nSPS) is 13.9. The third-order valence-corrected chi connectivity index (χ3v) is 5.20. The molecule has 0 bridgehead atoms. The molecule has 3 nitrogen and oxygen atoms in total. The van der Waals surface area contributed by atoms with Crippen molar-refractivity contribution >= 4 is 40.3 Å². The van der Waals surface area contributed by atoms with E-state index in [2.05, 4.69) is 0 Å². The second kappa shape index (κ2) is 5.87. The summed E-state index contributed by atoms with van der Waals surface area (Å²) < 4.78 is 11.2. The van der Waals surface area contributed by atoms with Crippen molar-refractivity contribution in [1.82, 2.24) is 0 Å². The monoisotopic (exact) mass is 342 g/mol. The van der Waals surface area contributed by atoms with Crippen LogP contribution < -0.4 is 9.47 Å². The number of thiophene rings is 1. The fourth-order valence-electron chi connectivity index (χ4n) is 2.06. The van der Waals surface area contributed by atoms with Gasteiger partial charge in [-0.05, 0) is 23.9 Å². The molecule has 0 saturated heterocycles. The van der Waals surface area contributed by atoms with E-state index in [9.17, 15) is 4.79 Å². The Morgan fingerprint density at radius 1 is 1.19 bits per heavy atom. The molecule has 2 aromatic rings. The fourth-order valence-corrected chi connectivity index (χ4v) is 3.54. The molecule has 0 saturated carbocycles. The predicted octanol–water partition coefficient (Wildman–Crippen LogP) is 4.76. The van der Waals surface area contributed by atoms with Crippen LogP contribution in [-0.4, -0.2) is 19.0 Å². The van der Waals surface area contributed by atoms with Gasteiger partial charge in [0.25, 0.3) is 0 Å². The lowest BCUT2D eigenvalue weighted by Gasteiger charge is -2.10. The molecule has 0 aliphatic carbocycles. The SMILES string of the molecule is Cc1csc(C(=O)c2cc3c(cc2Cl)OCCCO3)c1Cl. The van der Waals surface area contributed by atoms with Crippen LogP contribution in [0.4, 0.5) is 0 Å². The molecule has 1 aromatic heterocycles. The van der Waals surface area contributed by atoms with Crippen molar-refractivity contribution in [2.75, 3.05) is 13.2 Å². The molecular weight excluding hydrogens is 331 g/mol. The molecule has 0 N–H and O–H groups in total. The maximum absolute atomic E-state index is 12.6. The molecule has 0 amide bonds. The largest absolute Gasteiger partial charge is 0.490 e. The van der Waals surface area contributed by atoms with Crippen LogP contribution in [-0.2, 0) is 0 Å². The zero-order chi connectivity index (χ0) is 15.0. The summed E-state index contributed by atoms with van der Waals surface area (Å²) in [7, 11) is 0. The Morgan fingerprint density at radius 2 is 1.86 bits per heavy atom. The molecule has 1 aromatic carbocycles. The van der Waals surface area contributed by atoms with Gasteiger partial charge in [0.15, 0.2) is 11.5 Å². The summed E-state index contributed by atoms with van der Waals surface area (Å²) in [4.78, 5) is 13.1. The Morgan fingerprint density at radius 3 is 2.48 bits per heavy atom. The van der Waals surface area contributed by atoms with Gasteiger partial charge in [-0.15, -0.1) is 11.3 Å². The zero-order valence-electron chi connectivity index (χ0n) is 11.2. The average molecular weight is 343 g/mol. The van der Waals surface area contributed by atoms with E-state index in [-0.39, 0.29) is 5.78 Å². The van der Waals surface area contributed by atoms with Gasteiger partial charge in [0, 0.05) is 18.1 Å². The summed E-state index contributed by atoms with van der Waals surface area (Å²) in [5, 5.41) is 2.67. The molecule has 0 spiro atoms. The maximum Gasteiger partial charge on any atom is 0.206 e. The summed E-state index contributed by atoms with van der Waals surface area (Å²) in [6.45, 7) is 3.00. The van der Waals surface area contributed by atoms with Crippen molar-refractivity contribution in [3.8, 4) is 11.5 Å². The van der Waals surface area contributed by atoms with Gasteiger partial charge in [0.05, 0.1) is 28.1 Å². The molecule has 6 heteroatoms. The van der Waals surface area contributed by atoms with Crippen LogP contribution >= 0.6 is 34.5 Å². The third-order valence-electron chi connectivity index (χ3n) is 3.19. The molecule has 2 heterocycles. The molecule has 1 aliphatic rings. The van der Waals surface area contributed by atoms with Crippen LogP contribution in [0.25, 0.3) is 0 Å². The Hall–Kier alpha value is -1.23. The van der Waals surface area contributed by atoms with E-state index in [0.717, 1.165) is 12.0 Å².